The second-order valence-corrected chi connectivity index (χ2v) is 4.16. The highest BCUT2D eigenvalue weighted by Gasteiger charge is 2.10. The summed E-state index contributed by atoms with van der Waals surface area (Å²) in [6.07, 6.45) is 10.5. The molecule has 4 nitrogen and oxygen atoms in total. The number of amidine groups is 1. The molecule has 2 N–H and O–H groups in total. The predicted molar refractivity (Wildman–Crippen MR) is 77.7 cm³/mol. The fourth-order valence-electron chi connectivity index (χ4n) is 1.24. The number of terminal acetylenes is 1. The first kappa shape index (κ1) is 14.3. The number of nitrogens with zero attached hydrogens (tertiary/aromatic N) is 1. The van der Waals surface area contributed by atoms with E-state index in [0.717, 1.165) is 16.4 Å². The van der Waals surface area contributed by atoms with Crippen molar-refractivity contribution in [3.63, 3.8) is 0 Å². The normalized spacial score (nSPS) is 16.4. The van der Waals surface area contributed by atoms with Crippen LogP contribution in [-0.4, -0.2) is 26.4 Å². The molecule has 1 aliphatic heterocycles. The van der Waals surface area contributed by atoms with Gasteiger partial charge in [0.25, 0.3) is 0 Å². The Morgan fingerprint density at radius 3 is 2.78 bits per heavy atom. The van der Waals surface area contributed by atoms with Crippen molar-refractivity contribution in [3.8, 4) is 12.3 Å². The summed E-state index contributed by atoms with van der Waals surface area (Å²) in [6.45, 7) is 1.89. The molecule has 0 saturated carbocycles. The fourth-order valence-corrected chi connectivity index (χ4v) is 1.55. The molecular weight excluding hydrogens is 245 g/mol. The molecule has 0 aromatic carbocycles. The van der Waals surface area contributed by atoms with Crippen molar-refractivity contribution in [2.24, 2.45) is 4.99 Å². The van der Waals surface area contributed by atoms with E-state index in [1.54, 1.807) is 19.4 Å². The molecule has 1 rings (SSSR count). The zero-order valence-electron chi connectivity index (χ0n) is 10.6. The fraction of sp³-hybridized carbons (Fsp3) is 0.250. The zero-order chi connectivity index (χ0) is 13.5. The first-order valence-corrected chi connectivity index (χ1v) is 6.37. The summed E-state index contributed by atoms with van der Waals surface area (Å²) >= 11 is 1.51. The molecule has 0 unspecified atom stereocenters. The summed E-state index contributed by atoms with van der Waals surface area (Å²) in [4.78, 5) is 4.23. The molecule has 6 heteroatoms. The van der Waals surface area contributed by atoms with Crippen LogP contribution < -0.4 is 10.9 Å². The van der Waals surface area contributed by atoms with Gasteiger partial charge in [-0.15, -0.1) is 6.42 Å². The highest BCUT2D eigenvalue weighted by Crippen LogP contribution is 2.16. The van der Waals surface area contributed by atoms with Crippen molar-refractivity contribution < 1.29 is 4.74 Å². The Morgan fingerprint density at radius 1 is 1.61 bits per heavy atom. The van der Waals surface area contributed by atoms with E-state index in [1.165, 1.54) is 11.8 Å². The summed E-state index contributed by atoms with van der Waals surface area (Å²) < 4.78 is 5.26. The van der Waals surface area contributed by atoms with E-state index in [0.29, 0.717) is 11.2 Å². The maximum atomic E-state index is 5.58. The number of thioether (sulfide) groups is 1. The van der Waals surface area contributed by atoms with Gasteiger partial charge in [0.1, 0.15) is 13.6 Å². The summed E-state index contributed by atoms with van der Waals surface area (Å²) in [7, 11) is 7.15. The molecule has 0 bridgehead atoms. The third-order valence-electron chi connectivity index (χ3n) is 2.26. The van der Waals surface area contributed by atoms with E-state index in [1.807, 2.05) is 13.2 Å². The van der Waals surface area contributed by atoms with Crippen molar-refractivity contribution in [1.82, 2.24) is 10.9 Å². The lowest BCUT2D eigenvalue weighted by atomic mass is 9.95. The molecule has 0 spiro atoms. The van der Waals surface area contributed by atoms with Gasteiger partial charge in [0, 0.05) is 5.57 Å². The summed E-state index contributed by atoms with van der Waals surface area (Å²) in [5.41, 5.74) is 7.94. The Balaban J connectivity index is 3.04. The molecule has 1 aliphatic rings. The van der Waals surface area contributed by atoms with Crippen molar-refractivity contribution in [2.45, 2.75) is 6.92 Å². The van der Waals surface area contributed by atoms with E-state index in [2.05, 4.69) is 21.8 Å². The standard InChI is InChI=1S/C12H14BN3OS/c1-5-9(13)6-11(17-3)8(2)10-7-14-12(18-4)16-15-10/h1,6-7,15H,2-4H3,(H,14,16)/b9-6+,11-8-. The van der Waals surface area contributed by atoms with Crippen LogP contribution in [0.1, 0.15) is 6.92 Å². The number of hydrazine groups is 1. The minimum Gasteiger partial charge on any atom is -0.496 e. The average molecular weight is 259 g/mol. The minimum atomic E-state index is 0.309. The molecule has 0 fully saturated rings. The molecule has 1 heterocycles. The minimum absolute atomic E-state index is 0.309. The second kappa shape index (κ2) is 6.87. The predicted octanol–water partition coefficient (Wildman–Crippen LogP) is 1.26. The van der Waals surface area contributed by atoms with Gasteiger partial charge < -0.3 is 4.74 Å². The molecular formula is C12H14BN3OS. The van der Waals surface area contributed by atoms with E-state index in [-0.39, 0.29) is 0 Å². The number of nitrogens with one attached hydrogen (secondary N) is 2. The van der Waals surface area contributed by atoms with Crippen LogP contribution in [0.15, 0.2) is 39.8 Å². The molecule has 0 aliphatic carbocycles. The van der Waals surface area contributed by atoms with Gasteiger partial charge in [0.05, 0.1) is 19.0 Å². The molecule has 0 atom stereocenters. The average Bonchev–Trinajstić information content (AvgIpc) is 2.43. The van der Waals surface area contributed by atoms with Gasteiger partial charge in [-0.25, -0.2) is 4.99 Å². The monoisotopic (exact) mass is 259 g/mol. The molecule has 0 saturated heterocycles. The molecule has 0 aromatic rings. The lowest BCUT2D eigenvalue weighted by Crippen LogP contribution is -2.37. The highest BCUT2D eigenvalue weighted by atomic mass is 32.2. The molecule has 92 valence electrons. The number of methoxy groups -OCH3 is 1. The smallest absolute Gasteiger partial charge is 0.179 e. The van der Waals surface area contributed by atoms with Crippen LogP contribution in [0.4, 0.5) is 0 Å². The maximum Gasteiger partial charge on any atom is 0.179 e. The number of aliphatic imine (C=N–C) groups is 1. The largest absolute Gasteiger partial charge is 0.496 e. The second-order valence-electron chi connectivity index (χ2n) is 3.37. The quantitative estimate of drug-likeness (QED) is 0.346. The van der Waals surface area contributed by atoms with Crippen molar-refractivity contribution in [2.75, 3.05) is 13.4 Å². The van der Waals surface area contributed by atoms with E-state index in [9.17, 15) is 0 Å². The van der Waals surface area contributed by atoms with E-state index in [4.69, 9.17) is 19.0 Å². The van der Waals surface area contributed by atoms with Crippen LogP contribution in [0.2, 0.25) is 0 Å². The van der Waals surface area contributed by atoms with Crippen LogP contribution in [0.5, 0.6) is 0 Å². The third kappa shape index (κ3) is 3.64. The SMILES string of the molecule is [B]/C(C#C)=C/C(OC)=C(\C)C1=CN=C(SC)NN1. The number of hydrogen-bond donors (Lipinski definition) is 2. The highest BCUT2D eigenvalue weighted by molar-refractivity contribution is 8.13. The van der Waals surface area contributed by atoms with Gasteiger partial charge in [-0.05, 0) is 24.7 Å². The van der Waals surface area contributed by atoms with Crippen molar-refractivity contribution in [3.05, 3.63) is 34.8 Å². The van der Waals surface area contributed by atoms with Gasteiger partial charge in [0.15, 0.2) is 5.17 Å². The van der Waals surface area contributed by atoms with Gasteiger partial charge >= 0.3 is 0 Å². The van der Waals surface area contributed by atoms with Gasteiger partial charge in [-0.3, -0.25) is 10.9 Å². The van der Waals surface area contributed by atoms with Crippen LogP contribution in [0.25, 0.3) is 0 Å². The Kier molecular flexibility index (Phi) is 5.47. The van der Waals surface area contributed by atoms with Crippen molar-refractivity contribution >= 4 is 24.8 Å². The van der Waals surface area contributed by atoms with Gasteiger partial charge in [-0.2, -0.15) is 0 Å². The Morgan fingerprint density at radius 2 is 2.33 bits per heavy atom. The van der Waals surface area contributed by atoms with Crippen LogP contribution in [0, 0.1) is 12.3 Å². The number of allylic oxidation sites excluding steroid dienone is 3. The molecule has 0 aromatic heterocycles. The Bertz CT molecular complexity index is 486. The Hall–Kier alpha value is -1.74. The molecule has 0 amide bonds. The van der Waals surface area contributed by atoms with Gasteiger partial charge in [0.2, 0.25) is 0 Å². The van der Waals surface area contributed by atoms with E-state index < -0.39 is 0 Å². The summed E-state index contributed by atoms with van der Waals surface area (Å²) in [5.74, 6) is 2.93. The number of ether oxygens (including phenoxy) is 1. The first-order chi connectivity index (χ1) is 8.62. The summed E-state index contributed by atoms with van der Waals surface area (Å²) in [5, 5.41) is 0.796. The summed E-state index contributed by atoms with van der Waals surface area (Å²) in [6, 6.07) is 0. The number of hydrogen-bond acceptors (Lipinski definition) is 5. The first-order valence-electron chi connectivity index (χ1n) is 5.15. The van der Waals surface area contributed by atoms with Crippen molar-refractivity contribution in [1.29, 1.82) is 0 Å². The van der Waals surface area contributed by atoms with Gasteiger partial charge in [-0.1, -0.05) is 17.7 Å². The lowest BCUT2D eigenvalue weighted by molar-refractivity contribution is 0.302. The Labute approximate surface area is 113 Å². The molecule has 2 radical (unpaired) electrons. The zero-order valence-corrected chi connectivity index (χ0v) is 11.4. The van der Waals surface area contributed by atoms with Crippen LogP contribution in [-0.2, 0) is 4.74 Å². The van der Waals surface area contributed by atoms with E-state index >= 15 is 0 Å². The van der Waals surface area contributed by atoms with Crippen LogP contribution in [0.3, 0.4) is 0 Å². The molecule has 18 heavy (non-hydrogen) atoms. The number of rotatable bonds is 3. The maximum absolute atomic E-state index is 5.58. The lowest BCUT2D eigenvalue weighted by Gasteiger charge is -2.18. The topological polar surface area (TPSA) is 45.6 Å². The van der Waals surface area contributed by atoms with Crippen LogP contribution >= 0.6 is 11.8 Å². The third-order valence-corrected chi connectivity index (χ3v) is 2.85.